The van der Waals surface area contributed by atoms with Crippen LogP contribution in [0.25, 0.3) is 0 Å². The molecule has 6 nitrogen and oxygen atoms in total. The van der Waals surface area contributed by atoms with Crippen LogP contribution < -0.4 is 10.6 Å². The minimum absolute atomic E-state index is 0.0198. The van der Waals surface area contributed by atoms with E-state index in [-0.39, 0.29) is 22.8 Å². The summed E-state index contributed by atoms with van der Waals surface area (Å²) < 4.78 is 26.8. The van der Waals surface area contributed by atoms with E-state index in [2.05, 4.69) is 10.6 Å². The number of nitrogens with zero attached hydrogens (tertiary/aromatic N) is 1. The van der Waals surface area contributed by atoms with Crippen LogP contribution in [0, 0.1) is 5.92 Å². The number of sulfonamides is 1. The number of piperazine rings is 1. The van der Waals surface area contributed by atoms with E-state index in [4.69, 9.17) is 0 Å². The Hall–Kier alpha value is -1.44. The zero-order valence-corrected chi connectivity index (χ0v) is 13.4. The quantitative estimate of drug-likeness (QED) is 0.867. The standard InChI is InChI=1S/C15H21N3O3S/c1-11-10-16-8-9-18(11)22(20,21)14-6-4-13(5-7-14)17-15(19)12-2-3-12/h4-7,11-12,16H,2-3,8-10H2,1H3,(H,17,19). The predicted molar refractivity (Wildman–Crippen MR) is 84.0 cm³/mol. The summed E-state index contributed by atoms with van der Waals surface area (Å²) in [5.41, 5.74) is 0.643. The van der Waals surface area contributed by atoms with Gasteiger partial charge in [0.1, 0.15) is 0 Å². The van der Waals surface area contributed by atoms with Gasteiger partial charge < -0.3 is 10.6 Å². The maximum absolute atomic E-state index is 12.7. The van der Waals surface area contributed by atoms with E-state index in [0.717, 1.165) is 12.8 Å². The first kappa shape index (κ1) is 15.5. The smallest absolute Gasteiger partial charge is 0.243 e. The highest BCUT2D eigenvalue weighted by Gasteiger charge is 2.31. The molecule has 22 heavy (non-hydrogen) atoms. The van der Waals surface area contributed by atoms with E-state index in [1.807, 2.05) is 6.92 Å². The second kappa shape index (κ2) is 5.98. The van der Waals surface area contributed by atoms with Gasteiger partial charge in [-0.3, -0.25) is 4.79 Å². The molecule has 1 aliphatic carbocycles. The van der Waals surface area contributed by atoms with Gasteiger partial charge in [-0.2, -0.15) is 4.31 Å². The summed E-state index contributed by atoms with van der Waals surface area (Å²) >= 11 is 0. The Labute approximate surface area is 130 Å². The van der Waals surface area contributed by atoms with Crippen molar-refractivity contribution in [3.8, 4) is 0 Å². The average Bonchev–Trinajstić information content (AvgIpc) is 3.33. The van der Waals surface area contributed by atoms with Crippen LogP contribution in [0.4, 0.5) is 5.69 Å². The fourth-order valence-corrected chi connectivity index (χ4v) is 4.25. The molecule has 0 aromatic heterocycles. The molecule has 1 saturated carbocycles. The average molecular weight is 323 g/mol. The first-order valence-corrected chi connectivity index (χ1v) is 9.06. The molecule has 3 rings (SSSR count). The van der Waals surface area contributed by atoms with Crippen molar-refractivity contribution in [2.45, 2.75) is 30.7 Å². The van der Waals surface area contributed by atoms with Gasteiger partial charge >= 0.3 is 0 Å². The number of benzene rings is 1. The molecule has 1 amide bonds. The third kappa shape index (κ3) is 3.16. The zero-order chi connectivity index (χ0) is 15.7. The lowest BCUT2D eigenvalue weighted by molar-refractivity contribution is -0.117. The first-order valence-electron chi connectivity index (χ1n) is 7.62. The normalized spacial score (nSPS) is 23.2. The van der Waals surface area contributed by atoms with E-state index in [9.17, 15) is 13.2 Å². The topological polar surface area (TPSA) is 78.5 Å². The van der Waals surface area contributed by atoms with Gasteiger partial charge in [-0.1, -0.05) is 0 Å². The third-order valence-corrected chi connectivity index (χ3v) is 6.14. The van der Waals surface area contributed by atoms with Crippen LogP contribution >= 0.6 is 0 Å². The molecule has 1 heterocycles. The van der Waals surface area contributed by atoms with Gasteiger partial charge in [-0.25, -0.2) is 8.42 Å². The van der Waals surface area contributed by atoms with Crippen molar-refractivity contribution in [2.75, 3.05) is 25.0 Å². The Kier molecular flexibility index (Phi) is 4.20. The molecule has 120 valence electrons. The number of hydrogen-bond donors (Lipinski definition) is 2. The summed E-state index contributed by atoms with van der Waals surface area (Å²) in [6.45, 7) is 3.70. The lowest BCUT2D eigenvalue weighted by Crippen LogP contribution is -2.52. The van der Waals surface area contributed by atoms with Crippen molar-refractivity contribution < 1.29 is 13.2 Å². The molecule has 0 radical (unpaired) electrons. The zero-order valence-electron chi connectivity index (χ0n) is 12.6. The van der Waals surface area contributed by atoms with Crippen LogP contribution in [0.15, 0.2) is 29.2 Å². The molecule has 1 atom stereocenters. The summed E-state index contributed by atoms with van der Waals surface area (Å²) in [6, 6.07) is 6.37. The molecule has 0 bridgehead atoms. The predicted octanol–water partition coefficient (Wildman–Crippen LogP) is 1.02. The van der Waals surface area contributed by atoms with Crippen molar-refractivity contribution in [2.24, 2.45) is 5.92 Å². The van der Waals surface area contributed by atoms with Gasteiger partial charge in [0.15, 0.2) is 0 Å². The number of rotatable bonds is 4. The van der Waals surface area contributed by atoms with Gasteiger partial charge in [0.05, 0.1) is 4.90 Å². The highest BCUT2D eigenvalue weighted by molar-refractivity contribution is 7.89. The van der Waals surface area contributed by atoms with Crippen LogP contribution in [-0.4, -0.2) is 44.3 Å². The maximum atomic E-state index is 12.7. The number of carbonyl (C=O) groups excluding carboxylic acids is 1. The van der Waals surface area contributed by atoms with Crippen molar-refractivity contribution in [1.82, 2.24) is 9.62 Å². The monoisotopic (exact) mass is 323 g/mol. The number of amides is 1. The van der Waals surface area contributed by atoms with Crippen molar-refractivity contribution >= 4 is 21.6 Å². The largest absolute Gasteiger partial charge is 0.326 e. The van der Waals surface area contributed by atoms with E-state index < -0.39 is 10.0 Å². The molecule has 1 aliphatic heterocycles. The van der Waals surface area contributed by atoms with Gasteiger partial charge in [-0.05, 0) is 44.0 Å². The summed E-state index contributed by atoms with van der Waals surface area (Å²) in [4.78, 5) is 12.0. The van der Waals surface area contributed by atoms with Crippen LogP contribution in [0.2, 0.25) is 0 Å². The molecule has 1 aromatic rings. The number of hydrogen-bond acceptors (Lipinski definition) is 4. The molecule has 1 unspecified atom stereocenters. The summed E-state index contributed by atoms with van der Waals surface area (Å²) in [5, 5.41) is 6.00. The van der Waals surface area contributed by atoms with Crippen molar-refractivity contribution in [1.29, 1.82) is 0 Å². The number of carbonyl (C=O) groups is 1. The summed E-state index contributed by atoms with van der Waals surface area (Å²) in [6.07, 6.45) is 1.89. The Morgan fingerprint density at radius 1 is 1.27 bits per heavy atom. The fraction of sp³-hybridized carbons (Fsp3) is 0.533. The van der Waals surface area contributed by atoms with E-state index in [1.54, 1.807) is 24.3 Å². The minimum atomic E-state index is -3.48. The molecule has 2 N–H and O–H groups in total. The van der Waals surface area contributed by atoms with Crippen molar-refractivity contribution in [3.05, 3.63) is 24.3 Å². The maximum Gasteiger partial charge on any atom is 0.243 e. The van der Waals surface area contributed by atoms with Gasteiger partial charge in [0, 0.05) is 37.3 Å². The fourth-order valence-electron chi connectivity index (χ4n) is 2.61. The molecule has 7 heteroatoms. The lowest BCUT2D eigenvalue weighted by atomic mass is 10.3. The highest BCUT2D eigenvalue weighted by Crippen LogP contribution is 2.30. The summed E-state index contributed by atoms with van der Waals surface area (Å²) in [7, 11) is -3.48. The van der Waals surface area contributed by atoms with Gasteiger partial charge in [0.2, 0.25) is 15.9 Å². The minimum Gasteiger partial charge on any atom is -0.326 e. The Morgan fingerprint density at radius 2 is 1.95 bits per heavy atom. The van der Waals surface area contributed by atoms with E-state index in [0.29, 0.717) is 25.3 Å². The lowest BCUT2D eigenvalue weighted by Gasteiger charge is -2.32. The molecule has 2 fully saturated rings. The number of anilines is 1. The van der Waals surface area contributed by atoms with E-state index >= 15 is 0 Å². The first-order chi connectivity index (χ1) is 10.5. The SMILES string of the molecule is CC1CNCCN1S(=O)(=O)c1ccc(NC(=O)C2CC2)cc1. The Morgan fingerprint density at radius 3 is 2.55 bits per heavy atom. The van der Waals surface area contributed by atoms with Crippen LogP contribution in [0.3, 0.4) is 0 Å². The molecule has 1 aromatic carbocycles. The third-order valence-electron chi connectivity index (χ3n) is 4.12. The van der Waals surface area contributed by atoms with Gasteiger partial charge in [-0.15, -0.1) is 0 Å². The molecule has 1 saturated heterocycles. The molecule has 0 spiro atoms. The Bertz CT molecular complexity index is 653. The summed E-state index contributed by atoms with van der Waals surface area (Å²) in [5.74, 6) is 0.149. The van der Waals surface area contributed by atoms with Crippen molar-refractivity contribution in [3.63, 3.8) is 0 Å². The molecular weight excluding hydrogens is 302 g/mol. The number of nitrogens with one attached hydrogen (secondary N) is 2. The molecular formula is C15H21N3O3S. The van der Waals surface area contributed by atoms with Crippen LogP contribution in [-0.2, 0) is 14.8 Å². The second-order valence-corrected chi connectivity index (χ2v) is 7.85. The second-order valence-electron chi connectivity index (χ2n) is 5.96. The van der Waals surface area contributed by atoms with E-state index in [1.165, 1.54) is 4.31 Å². The Balaban J connectivity index is 1.74. The van der Waals surface area contributed by atoms with Crippen LogP contribution in [0.1, 0.15) is 19.8 Å². The molecule has 2 aliphatic rings. The van der Waals surface area contributed by atoms with Crippen LogP contribution in [0.5, 0.6) is 0 Å². The highest BCUT2D eigenvalue weighted by atomic mass is 32.2. The van der Waals surface area contributed by atoms with Gasteiger partial charge in [0.25, 0.3) is 0 Å².